The molecule has 0 atom stereocenters. The van der Waals surface area contributed by atoms with Crippen LogP contribution < -0.4 is 5.63 Å². The van der Waals surface area contributed by atoms with E-state index >= 15 is 0 Å². The van der Waals surface area contributed by atoms with Crippen LogP contribution >= 0.6 is 0 Å². The lowest BCUT2D eigenvalue weighted by atomic mass is 10.1. The number of aromatic hydroxyl groups is 1. The normalized spacial score (nSPS) is 10.4. The Labute approximate surface area is 86.3 Å². The van der Waals surface area contributed by atoms with Gasteiger partial charge >= 0.3 is 5.63 Å². The van der Waals surface area contributed by atoms with Crippen LogP contribution in [0.15, 0.2) is 46.1 Å². The molecule has 0 saturated carbocycles. The van der Waals surface area contributed by atoms with Gasteiger partial charge in [0.25, 0.3) is 0 Å². The van der Waals surface area contributed by atoms with Gasteiger partial charge in [-0.2, -0.15) is 0 Å². The zero-order valence-corrected chi connectivity index (χ0v) is 8.06. The minimum atomic E-state index is -0.703. The van der Waals surface area contributed by atoms with Gasteiger partial charge in [-0.1, -0.05) is 24.3 Å². The van der Waals surface area contributed by atoms with Gasteiger partial charge in [-0.3, -0.25) is 0 Å². The van der Waals surface area contributed by atoms with E-state index in [-0.39, 0.29) is 5.75 Å². The van der Waals surface area contributed by atoms with Gasteiger partial charge < -0.3 is 9.52 Å². The van der Waals surface area contributed by atoms with Gasteiger partial charge in [0.05, 0.1) is 0 Å². The van der Waals surface area contributed by atoms with Crippen molar-refractivity contribution < 1.29 is 9.52 Å². The summed E-state index contributed by atoms with van der Waals surface area (Å²) in [6, 6.07) is 7.11. The number of benzene rings is 1. The zero-order chi connectivity index (χ0) is 10.8. The topological polar surface area (TPSA) is 50.4 Å². The van der Waals surface area contributed by atoms with Crippen molar-refractivity contribution >= 4 is 11.0 Å². The van der Waals surface area contributed by atoms with E-state index in [4.69, 9.17) is 4.42 Å². The lowest BCUT2D eigenvalue weighted by Crippen LogP contribution is -2.02. The van der Waals surface area contributed by atoms with E-state index in [0.717, 1.165) is 5.39 Å². The predicted molar refractivity (Wildman–Crippen MR) is 58.0 cm³/mol. The highest BCUT2D eigenvalue weighted by molar-refractivity contribution is 5.82. The summed E-state index contributed by atoms with van der Waals surface area (Å²) in [6.07, 6.45) is 2.08. The maximum absolute atomic E-state index is 11.3. The van der Waals surface area contributed by atoms with E-state index in [0.29, 0.717) is 17.6 Å². The fraction of sp³-hybridized carbons (Fsp3) is 0.0833. The third kappa shape index (κ3) is 1.52. The van der Waals surface area contributed by atoms with Crippen molar-refractivity contribution in [2.75, 3.05) is 0 Å². The van der Waals surface area contributed by atoms with Crippen LogP contribution in [-0.4, -0.2) is 5.11 Å². The summed E-state index contributed by atoms with van der Waals surface area (Å²) in [7, 11) is 0. The van der Waals surface area contributed by atoms with Crippen LogP contribution in [0.2, 0.25) is 0 Å². The van der Waals surface area contributed by atoms with E-state index in [1.807, 2.05) is 6.07 Å². The van der Waals surface area contributed by atoms with Crippen molar-refractivity contribution in [2.24, 2.45) is 0 Å². The van der Waals surface area contributed by atoms with Crippen LogP contribution in [0.1, 0.15) is 5.56 Å². The predicted octanol–water partition coefficient (Wildman–Crippen LogP) is 2.23. The molecule has 0 unspecified atom stereocenters. The average Bonchev–Trinajstić information content (AvgIpc) is 2.25. The van der Waals surface area contributed by atoms with Gasteiger partial charge in [0.15, 0.2) is 0 Å². The Hall–Kier alpha value is -2.03. The van der Waals surface area contributed by atoms with E-state index in [1.165, 1.54) is 0 Å². The van der Waals surface area contributed by atoms with Crippen LogP contribution in [0, 0.1) is 0 Å². The molecule has 2 rings (SSSR count). The first-order valence-electron chi connectivity index (χ1n) is 4.58. The van der Waals surface area contributed by atoms with E-state index in [1.54, 1.807) is 24.3 Å². The van der Waals surface area contributed by atoms with Gasteiger partial charge in [-0.15, -0.1) is 6.58 Å². The Morgan fingerprint density at radius 2 is 2.13 bits per heavy atom. The smallest absolute Gasteiger partial charge is 0.379 e. The molecular formula is C12H10O3. The van der Waals surface area contributed by atoms with Crippen LogP contribution in [-0.2, 0) is 6.42 Å². The second-order valence-electron chi connectivity index (χ2n) is 3.21. The first kappa shape index (κ1) is 9.52. The maximum Gasteiger partial charge on any atom is 0.379 e. The molecule has 0 aliphatic rings. The monoisotopic (exact) mass is 202 g/mol. The van der Waals surface area contributed by atoms with E-state index in [2.05, 4.69) is 6.58 Å². The van der Waals surface area contributed by atoms with Crippen LogP contribution in [0.4, 0.5) is 0 Å². The van der Waals surface area contributed by atoms with Crippen molar-refractivity contribution in [3.63, 3.8) is 0 Å². The minimum absolute atomic E-state index is 0.325. The molecule has 0 spiro atoms. The van der Waals surface area contributed by atoms with Crippen molar-refractivity contribution in [3.8, 4) is 5.75 Å². The summed E-state index contributed by atoms with van der Waals surface area (Å²) in [6.45, 7) is 3.59. The zero-order valence-electron chi connectivity index (χ0n) is 8.06. The Morgan fingerprint density at radius 3 is 2.87 bits per heavy atom. The fourth-order valence-corrected chi connectivity index (χ4v) is 1.55. The maximum atomic E-state index is 11.3. The minimum Gasteiger partial charge on any atom is -0.502 e. The molecule has 0 aliphatic heterocycles. The van der Waals surface area contributed by atoms with Gasteiger partial charge in [0.2, 0.25) is 5.75 Å². The number of hydrogen-bond donors (Lipinski definition) is 1. The molecule has 3 nitrogen and oxygen atoms in total. The van der Waals surface area contributed by atoms with Crippen molar-refractivity contribution in [1.29, 1.82) is 0 Å². The summed E-state index contributed by atoms with van der Waals surface area (Å²) < 4.78 is 4.94. The SMILES string of the molecule is C=CCc1c(O)c(=O)oc2ccccc12. The molecule has 1 aromatic heterocycles. The summed E-state index contributed by atoms with van der Waals surface area (Å²) in [5, 5.41) is 10.3. The lowest BCUT2D eigenvalue weighted by molar-refractivity contribution is 0.423. The summed E-state index contributed by atoms with van der Waals surface area (Å²) in [4.78, 5) is 11.3. The molecule has 0 fully saturated rings. The molecule has 1 N–H and O–H groups in total. The Kier molecular flexibility index (Phi) is 2.29. The third-order valence-electron chi connectivity index (χ3n) is 2.24. The Bertz CT molecular complexity index is 567. The largest absolute Gasteiger partial charge is 0.502 e. The van der Waals surface area contributed by atoms with E-state index in [9.17, 15) is 9.90 Å². The molecule has 76 valence electrons. The highest BCUT2D eigenvalue weighted by atomic mass is 16.4. The third-order valence-corrected chi connectivity index (χ3v) is 2.24. The quantitative estimate of drug-likeness (QED) is 0.600. The van der Waals surface area contributed by atoms with Crippen LogP contribution in [0.3, 0.4) is 0 Å². The van der Waals surface area contributed by atoms with Gasteiger partial charge in [-0.25, -0.2) is 4.79 Å². The Balaban J connectivity index is 2.88. The standard InChI is InChI=1S/C12H10O3/c1-2-5-9-8-6-3-4-7-10(8)15-12(14)11(9)13/h2-4,6-7,13H,1,5H2. The lowest BCUT2D eigenvalue weighted by Gasteiger charge is -2.04. The molecule has 0 aliphatic carbocycles. The van der Waals surface area contributed by atoms with Crippen molar-refractivity contribution in [1.82, 2.24) is 0 Å². The molecule has 2 aromatic rings. The van der Waals surface area contributed by atoms with E-state index < -0.39 is 5.63 Å². The van der Waals surface area contributed by atoms with Gasteiger partial charge in [0.1, 0.15) is 5.58 Å². The summed E-state index contributed by atoms with van der Waals surface area (Å²) in [5.74, 6) is -0.325. The van der Waals surface area contributed by atoms with Crippen LogP contribution in [0.5, 0.6) is 5.75 Å². The molecule has 3 heteroatoms. The second kappa shape index (κ2) is 3.61. The highest BCUT2D eigenvalue weighted by Crippen LogP contribution is 2.24. The fourth-order valence-electron chi connectivity index (χ4n) is 1.55. The summed E-state index contributed by atoms with van der Waals surface area (Å²) >= 11 is 0. The first-order chi connectivity index (χ1) is 7.24. The molecular weight excluding hydrogens is 192 g/mol. The molecule has 15 heavy (non-hydrogen) atoms. The number of rotatable bonds is 2. The number of allylic oxidation sites excluding steroid dienone is 1. The molecule has 0 saturated heterocycles. The van der Waals surface area contributed by atoms with Crippen molar-refractivity contribution in [2.45, 2.75) is 6.42 Å². The average molecular weight is 202 g/mol. The number of para-hydroxylation sites is 1. The molecule has 0 amide bonds. The number of hydrogen-bond acceptors (Lipinski definition) is 3. The Morgan fingerprint density at radius 1 is 1.40 bits per heavy atom. The summed E-state index contributed by atoms with van der Waals surface area (Å²) in [5.41, 5.74) is 0.347. The second-order valence-corrected chi connectivity index (χ2v) is 3.21. The molecule has 1 aromatic carbocycles. The molecule has 1 heterocycles. The number of fused-ring (bicyclic) bond motifs is 1. The van der Waals surface area contributed by atoms with Crippen LogP contribution in [0.25, 0.3) is 11.0 Å². The first-order valence-corrected chi connectivity index (χ1v) is 4.58. The van der Waals surface area contributed by atoms with Gasteiger partial charge in [0, 0.05) is 10.9 Å². The molecule has 0 radical (unpaired) electrons. The highest BCUT2D eigenvalue weighted by Gasteiger charge is 2.11. The van der Waals surface area contributed by atoms with Crippen molar-refractivity contribution in [3.05, 3.63) is 52.9 Å². The molecule has 0 bridgehead atoms. The van der Waals surface area contributed by atoms with Gasteiger partial charge in [-0.05, 0) is 12.5 Å².